The molecule has 1 saturated heterocycles. The molecule has 2 aromatic carbocycles. The monoisotopic (exact) mass is 603 g/mol. The number of halogens is 6. The van der Waals surface area contributed by atoms with Crippen LogP contribution in [0.25, 0.3) is 6.08 Å². The van der Waals surface area contributed by atoms with Gasteiger partial charge in [0, 0.05) is 29.0 Å². The number of nitrogens with zero attached hydrogens (tertiary/aromatic N) is 1. The fourth-order valence-corrected chi connectivity index (χ4v) is 5.85. The Labute approximate surface area is 236 Å². The minimum absolute atomic E-state index is 0.227. The summed E-state index contributed by atoms with van der Waals surface area (Å²) in [6.45, 7) is 0.974. The molecule has 13 heteroatoms. The van der Waals surface area contributed by atoms with Gasteiger partial charge in [-0.2, -0.15) is 26.3 Å². The Morgan fingerprint density at radius 1 is 0.951 bits per heavy atom. The first-order valence-corrected chi connectivity index (χ1v) is 13.7. The topological polar surface area (TPSA) is 76.1 Å². The molecule has 1 heterocycles. The van der Waals surface area contributed by atoms with Gasteiger partial charge in [-0.1, -0.05) is 23.9 Å². The number of hydrogen-bond donors (Lipinski definition) is 1. The van der Waals surface area contributed by atoms with Crippen molar-refractivity contribution in [3.05, 3.63) is 59.2 Å². The summed E-state index contributed by atoms with van der Waals surface area (Å²) in [7, 11) is 0. The Balaban J connectivity index is 1.60. The summed E-state index contributed by atoms with van der Waals surface area (Å²) in [4.78, 5) is 24.5. The van der Waals surface area contributed by atoms with E-state index in [1.807, 2.05) is 0 Å². The summed E-state index contributed by atoms with van der Waals surface area (Å²) >= 11 is 0.517. The van der Waals surface area contributed by atoms with E-state index in [-0.39, 0.29) is 37.3 Å². The molecule has 0 bridgehead atoms. The highest BCUT2D eigenvalue weighted by atomic mass is 32.2. The number of hydrogen-bond acceptors (Lipinski definition) is 5. The van der Waals surface area contributed by atoms with E-state index in [0.29, 0.717) is 43.2 Å². The van der Waals surface area contributed by atoms with Gasteiger partial charge < -0.3 is 19.5 Å². The van der Waals surface area contributed by atoms with E-state index < -0.39 is 51.7 Å². The van der Waals surface area contributed by atoms with E-state index in [1.54, 1.807) is 6.07 Å². The summed E-state index contributed by atoms with van der Waals surface area (Å²) in [5.74, 6) is -1.62. The number of rotatable bonds is 7. The number of carboxylic acids is 1. The van der Waals surface area contributed by atoms with Crippen molar-refractivity contribution < 1.29 is 50.5 Å². The highest BCUT2D eigenvalue weighted by Gasteiger charge is 2.46. The van der Waals surface area contributed by atoms with E-state index in [1.165, 1.54) is 23.1 Å². The van der Waals surface area contributed by atoms with Crippen molar-refractivity contribution in [3.8, 4) is 5.75 Å². The van der Waals surface area contributed by atoms with Crippen LogP contribution < -0.4 is 4.74 Å². The standard InChI is InChI=1S/C28H27F6NO5S/c29-27(30,31)24-17(7-11-23(36)35-12-14-39-15-13-35)6-10-22(25(24)28(32,33)34)41-21-3-1-2-20(16-21)40-19-8-4-18(5-9-19)26(37)38/h1-3,6-7,10-11,16,18-19H,4-5,8-9,12-15H2,(H,37,38). The third-order valence-corrected chi connectivity index (χ3v) is 7.90. The Morgan fingerprint density at radius 3 is 2.22 bits per heavy atom. The second-order valence-electron chi connectivity index (χ2n) is 9.68. The summed E-state index contributed by atoms with van der Waals surface area (Å²) < 4.78 is 96.0. The normalized spacial score (nSPS) is 20.3. The second kappa shape index (κ2) is 12.8. The first-order valence-electron chi connectivity index (χ1n) is 12.9. The van der Waals surface area contributed by atoms with Crippen molar-refractivity contribution in [2.24, 2.45) is 5.92 Å². The van der Waals surface area contributed by atoms with Gasteiger partial charge in [0.1, 0.15) is 5.75 Å². The van der Waals surface area contributed by atoms with Crippen LogP contribution in [0.2, 0.25) is 0 Å². The van der Waals surface area contributed by atoms with Gasteiger partial charge in [0.2, 0.25) is 5.91 Å². The third-order valence-electron chi connectivity index (χ3n) is 6.85. The minimum Gasteiger partial charge on any atom is -0.490 e. The smallest absolute Gasteiger partial charge is 0.418 e. The predicted molar refractivity (Wildman–Crippen MR) is 137 cm³/mol. The van der Waals surface area contributed by atoms with Gasteiger partial charge in [0.15, 0.2) is 0 Å². The van der Waals surface area contributed by atoms with Gasteiger partial charge in [-0.25, -0.2) is 0 Å². The Kier molecular flexibility index (Phi) is 9.58. The van der Waals surface area contributed by atoms with Crippen molar-refractivity contribution in [2.45, 2.75) is 53.9 Å². The second-order valence-corrected chi connectivity index (χ2v) is 10.8. The van der Waals surface area contributed by atoms with Gasteiger partial charge >= 0.3 is 18.3 Å². The average Bonchev–Trinajstić information content (AvgIpc) is 2.91. The molecule has 0 atom stereocenters. The summed E-state index contributed by atoms with van der Waals surface area (Å²) in [6.07, 6.45) is -7.53. The van der Waals surface area contributed by atoms with Crippen molar-refractivity contribution in [3.63, 3.8) is 0 Å². The summed E-state index contributed by atoms with van der Waals surface area (Å²) in [6, 6.07) is 7.88. The van der Waals surface area contributed by atoms with Gasteiger partial charge in [-0.05, 0) is 61.6 Å². The number of ether oxygens (including phenoxy) is 2. The van der Waals surface area contributed by atoms with Crippen LogP contribution in [0.1, 0.15) is 42.4 Å². The molecule has 1 amide bonds. The minimum atomic E-state index is -5.36. The fourth-order valence-electron chi connectivity index (χ4n) is 4.82. The predicted octanol–water partition coefficient (Wildman–Crippen LogP) is 6.77. The molecule has 1 saturated carbocycles. The molecule has 1 aliphatic heterocycles. The number of alkyl halides is 6. The number of morpholine rings is 1. The van der Waals surface area contributed by atoms with Gasteiger partial charge in [-0.15, -0.1) is 0 Å². The van der Waals surface area contributed by atoms with Crippen LogP contribution in [0.4, 0.5) is 26.3 Å². The number of aliphatic carboxylic acids is 1. The molecule has 2 aliphatic rings. The van der Waals surface area contributed by atoms with Crippen molar-refractivity contribution >= 4 is 29.7 Å². The van der Waals surface area contributed by atoms with E-state index >= 15 is 0 Å². The van der Waals surface area contributed by atoms with Gasteiger partial charge in [0.05, 0.1) is 36.4 Å². The lowest BCUT2D eigenvalue weighted by Gasteiger charge is -2.27. The van der Waals surface area contributed by atoms with Crippen molar-refractivity contribution in [2.75, 3.05) is 26.3 Å². The summed E-state index contributed by atoms with van der Waals surface area (Å²) in [5, 5.41) is 9.15. The van der Waals surface area contributed by atoms with E-state index in [0.717, 1.165) is 24.3 Å². The summed E-state index contributed by atoms with van der Waals surface area (Å²) in [5.41, 5.74) is -4.48. The molecule has 0 radical (unpaired) electrons. The van der Waals surface area contributed by atoms with Crippen LogP contribution in [0.15, 0.2) is 52.3 Å². The average molecular weight is 604 g/mol. The molecular weight excluding hydrogens is 576 g/mol. The zero-order valence-corrected chi connectivity index (χ0v) is 22.5. The van der Waals surface area contributed by atoms with Crippen LogP contribution >= 0.6 is 11.8 Å². The molecule has 0 aromatic heterocycles. The molecule has 1 N–H and O–H groups in total. The molecule has 0 unspecified atom stereocenters. The fraction of sp³-hybridized carbons (Fsp3) is 0.429. The van der Waals surface area contributed by atoms with E-state index in [4.69, 9.17) is 14.6 Å². The molecular formula is C28H27F6NO5S. The number of carboxylic acid groups (broad SMARTS) is 1. The molecule has 4 rings (SSSR count). The number of carbonyl (C=O) groups is 2. The van der Waals surface area contributed by atoms with Crippen LogP contribution in [-0.4, -0.2) is 54.3 Å². The van der Waals surface area contributed by atoms with E-state index in [9.17, 15) is 35.9 Å². The molecule has 2 aromatic rings. The van der Waals surface area contributed by atoms with E-state index in [2.05, 4.69) is 0 Å². The molecule has 2 fully saturated rings. The molecule has 6 nitrogen and oxygen atoms in total. The van der Waals surface area contributed by atoms with Crippen LogP contribution in [0.3, 0.4) is 0 Å². The largest absolute Gasteiger partial charge is 0.490 e. The van der Waals surface area contributed by atoms with Gasteiger partial charge in [-0.3, -0.25) is 9.59 Å². The Bertz CT molecular complexity index is 1280. The first kappa shape index (κ1) is 30.8. The van der Waals surface area contributed by atoms with Crippen LogP contribution in [0.5, 0.6) is 5.75 Å². The zero-order chi connectivity index (χ0) is 29.8. The molecule has 0 spiro atoms. The molecule has 41 heavy (non-hydrogen) atoms. The maximum atomic E-state index is 14.2. The lowest BCUT2D eigenvalue weighted by Crippen LogP contribution is -2.39. The number of benzene rings is 2. The highest BCUT2D eigenvalue weighted by Crippen LogP contribution is 2.48. The zero-order valence-electron chi connectivity index (χ0n) is 21.6. The van der Waals surface area contributed by atoms with Crippen LogP contribution in [0, 0.1) is 5.92 Å². The van der Waals surface area contributed by atoms with Crippen molar-refractivity contribution in [1.82, 2.24) is 4.90 Å². The van der Waals surface area contributed by atoms with Crippen LogP contribution in [-0.2, 0) is 26.7 Å². The quantitative estimate of drug-likeness (QED) is 0.278. The highest BCUT2D eigenvalue weighted by molar-refractivity contribution is 7.99. The third kappa shape index (κ3) is 7.97. The SMILES string of the molecule is O=C(O)C1CCC(Oc2cccc(Sc3ccc(C=CC(=O)N4CCOCC4)c(C(F)(F)F)c3C(F)(F)F)c2)CC1. The number of carbonyl (C=O) groups excluding carboxylic acids is 1. The molecule has 222 valence electrons. The maximum Gasteiger partial charge on any atom is 0.418 e. The lowest BCUT2D eigenvalue weighted by molar-refractivity contribution is -0.163. The maximum absolute atomic E-state index is 14.2. The van der Waals surface area contributed by atoms with Crippen molar-refractivity contribution in [1.29, 1.82) is 0 Å². The lowest BCUT2D eigenvalue weighted by atomic mass is 9.87. The Hall–Kier alpha value is -3.19. The first-order chi connectivity index (χ1) is 19.3. The van der Waals surface area contributed by atoms with Gasteiger partial charge in [0.25, 0.3) is 0 Å². The molecule has 1 aliphatic carbocycles. The Morgan fingerprint density at radius 2 is 1.61 bits per heavy atom. The number of amides is 1.